The van der Waals surface area contributed by atoms with E-state index >= 15 is 0 Å². The van der Waals surface area contributed by atoms with Crippen molar-refractivity contribution in [1.29, 1.82) is 0 Å². The van der Waals surface area contributed by atoms with E-state index in [-0.39, 0.29) is 6.03 Å². The van der Waals surface area contributed by atoms with Crippen molar-refractivity contribution >= 4 is 6.03 Å². The van der Waals surface area contributed by atoms with Gasteiger partial charge in [-0.25, -0.2) is 4.79 Å². The van der Waals surface area contributed by atoms with Crippen LogP contribution in [0.5, 0.6) is 11.5 Å². The summed E-state index contributed by atoms with van der Waals surface area (Å²) in [6.45, 7) is 4.07. The Bertz CT molecular complexity index is 557. The minimum absolute atomic E-state index is 0.00728. The Hall–Kier alpha value is -1.95. The first-order valence-electron chi connectivity index (χ1n) is 9.18. The van der Waals surface area contributed by atoms with Gasteiger partial charge < -0.3 is 19.7 Å². The zero-order valence-corrected chi connectivity index (χ0v) is 15.3. The summed E-state index contributed by atoms with van der Waals surface area (Å²) < 4.78 is 10.5. The number of amides is 2. The quantitative estimate of drug-likeness (QED) is 0.889. The normalized spacial score (nSPS) is 19.0. The zero-order valence-electron chi connectivity index (χ0n) is 15.3. The number of benzene rings is 1. The third kappa shape index (κ3) is 4.57. The van der Waals surface area contributed by atoms with Crippen LogP contribution < -0.4 is 14.8 Å². The number of carbonyl (C=O) groups excluding carboxylic acids is 1. The molecule has 1 aliphatic heterocycles. The van der Waals surface area contributed by atoms with Crippen molar-refractivity contribution in [2.24, 2.45) is 0 Å². The van der Waals surface area contributed by atoms with Gasteiger partial charge in [0.1, 0.15) is 11.5 Å². The molecule has 2 amide bonds. The molecule has 1 saturated heterocycles. The lowest BCUT2D eigenvalue weighted by Gasteiger charge is -2.38. The first kappa shape index (κ1) is 17.9. The molecular formula is C19H29N3O3. The SMILES string of the molecule is COc1cc(CNC(=O)N2CCN(C3CCCC3)CC2)cc(OC)c1. The summed E-state index contributed by atoms with van der Waals surface area (Å²) in [7, 11) is 3.25. The molecule has 1 aromatic carbocycles. The molecule has 1 aromatic rings. The van der Waals surface area contributed by atoms with Crippen molar-refractivity contribution in [3.8, 4) is 11.5 Å². The number of ether oxygens (including phenoxy) is 2. The molecule has 2 aliphatic rings. The fraction of sp³-hybridized carbons (Fsp3) is 0.632. The number of piperazine rings is 1. The summed E-state index contributed by atoms with van der Waals surface area (Å²) in [4.78, 5) is 16.9. The Kier molecular flexibility index (Phi) is 6.02. The van der Waals surface area contributed by atoms with Crippen molar-refractivity contribution in [3.63, 3.8) is 0 Å². The van der Waals surface area contributed by atoms with Crippen LogP contribution in [-0.4, -0.2) is 62.3 Å². The van der Waals surface area contributed by atoms with Gasteiger partial charge in [0, 0.05) is 44.8 Å². The first-order valence-corrected chi connectivity index (χ1v) is 9.18. The van der Waals surface area contributed by atoms with Crippen molar-refractivity contribution < 1.29 is 14.3 Å². The molecule has 0 atom stereocenters. The molecule has 1 N–H and O–H groups in total. The van der Waals surface area contributed by atoms with Gasteiger partial charge >= 0.3 is 6.03 Å². The molecule has 0 aromatic heterocycles. The number of carbonyl (C=O) groups is 1. The third-order valence-electron chi connectivity index (χ3n) is 5.30. The number of hydrogen-bond acceptors (Lipinski definition) is 4. The Labute approximate surface area is 150 Å². The lowest BCUT2D eigenvalue weighted by atomic mass is 10.2. The summed E-state index contributed by atoms with van der Waals surface area (Å²) in [5, 5.41) is 3.01. The molecule has 6 nitrogen and oxygen atoms in total. The van der Waals surface area contributed by atoms with Gasteiger partial charge in [-0.2, -0.15) is 0 Å². The van der Waals surface area contributed by atoms with E-state index in [0.29, 0.717) is 6.54 Å². The molecule has 6 heteroatoms. The number of urea groups is 1. The summed E-state index contributed by atoms with van der Waals surface area (Å²) >= 11 is 0. The second kappa shape index (κ2) is 8.43. The summed E-state index contributed by atoms with van der Waals surface area (Å²) in [5.74, 6) is 1.46. The summed E-state index contributed by atoms with van der Waals surface area (Å²) in [5.41, 5.74) is 0.967. The molecule has 2 fully saturated rings. The molecule has 1 heterocycles. The highest BCUT2D eigenvalue weighted by Crippen LogP contribution is 2.24. The van der Waals surface area contributed by atoms with Crippen LogP contribution in [0.25, 0.3) is 0 Å². The van der Waals surface area contributed by atoms with Crippen LogP contribution in [0.2, 0.25) is 0 Å². The van der Waals surface area contributed by atoms with Crippen LogP contribution in [0, 0.1) is 0 Å². The minimum atomic E-state index is 0.00728. The number of hydrogen-bond donors (Lipinski definition) is 1. The van der Waals surface area contributed by atoms with E-state index in [4.69, 9.17) is 9.47 Å². The number of nitrogens with zero attached hydrogens (tertiary/aromatic N) is 2. The average Bonchev–Trinajstić information content (AvgIpc) is 3.20. The lowest BCUT2D eigenvalue weighted by molar-refractivity contribution is 0.109. The van der Waals surface area contributed by atoms with E-state index in [9.17, 15) is 4.79 Å². The Morgan fingerprint density at radius 2 is 1.64 bits per heavy atom. The highest BCUT2D eigenvalue weighted by molar-refractivity contribution is 5.74. The molecule has 25 heavy (non-hydrogen) atoms. The van der Waals surface area contributed by atoms with Crippen LogP contribution >= 0.6 is 0 Å². The van der Waals surface area contributed by atoms with Gasteiger partial charge in [-0.05, 0) is 30.5 Å². The van der Waals surface area contributed by atoms with Gasteiger partial charge in [0.05, 0.1) is 14.2 Å². The highest BCUT2D eigenvalue weighted by Gasteiger charge is 2.27. The summed E-state index contributed by atoms with van der Waals surface area (Å²) in [6, 6.07) is 6.41. The Balaban J connectivity index is 1.48. The molecule has 1 aliphatic carbocycles. The maximum absolute atomic E-state index is 12.4. The predicted octanol–water partition coefficient (Wildman–Crippen LogP) is 2.47. The van der Waals surface area contributed by atoms with Gasteiger partial charge in [-0.3, -0.25) is 4.90 Å². The van der Waals surface area contributed by atoms with E-state index in [2.05, 4.69) is 10.2 Å². The van der Waals surface area contributed by atoms with E-state index in [0.717, 1.165) is 49.3 Å². The van der Waals surface area contributed by atoms with E-state index in [1.165, 1.54) is 25.7 Å². The van der Waals surface area contributed by atoms with Crippen LogP contribution in [0.4, 0.5) is 4.79 Å². The smallest absolute Gasteiger partial charge is 0.317 e. The second-order valence-electron chi connectivity index (χ2n) is 6.84. The maximum Gasteiger partial charge on any atom is 0.317 e. The number of methoxy groups -OCH3 is 2. The average molecular weight is 347 g/mol. The van der Waals surface area contributed by atoms with Gasteiger partial charge in [-0.15, -0.1) is 0 Å². The Morgan fingerprint density at radius 3 is 2.20 bits per heavy atom. The molecule has 3 rings (SSSR count). The van der Waals surface area contributed by atoms with Crippen LogP contribution in [0.3, 0.4) is 0 Å². The molecule has 0 radical (unpaired) electrons. The number of nitrogens with one attached hydrogen (secondary N) is 1. The lowest BCUT2D eigenvalue weighted by Crippen LogP contribution is -2.53. The minimum Gasteiger partial charge on any atom is -0.497 e. The van der Waals surface area contributed by atoms with Crippen LogP contribution in [0.15, 0.2) is 18.2 Å². The first-order chi connectivity index (χ1) is 12.2. The highest BCUT2D eigenvalue weighted by atomic mass is 16.5. The van der Waals surface area contributed by atoms with Crippen molar-refractivity contribution in [2.45, 2.75) is 38.3 Å². The molecule has 1 saturated carbocycles. The van der Waals surface area contributed by atoms with Crippen molar-refractivity contribution in [1.82, 2.24) is 15.1 Å². The maximum atomic E-state index is 12.4. The van der Waals surface area contributed by atoms with E-state index < -0.39 is 0 Å². The fourth-order valence-corrected chi connectivity index (χ4v) is 3.82. The predicted molar refractivity (Wildman–Crippen MR) is 97.2 cm³/mol. The van der Waals surface area contributed by atoms with Crippen LogP contribution in [0.1, 0.15) is 31.2 Å². The van der Waals surface area contributed by atoms with Gasteiger partial charge in [0.2, 0.25) is 0 Å². The molecule has 0 bridgehead atoms. The van der Waals surface area contributed by atoms with Gasteiger partial charge in [-0.1, -0.05) is 12.8 Å². The largest absolute Gasteiger partial charge is 0.497 e. The van der Waals surface area contributed by atoms with Crippen molar-refractivity contribution in [3.05, 3.63) is 23.8 Å². The topological polar surface area (TPSA) is 54.0 Å². The van der Waals surface area contributed by atoms with Gasteiger partial charge in [0.25, 0.3) is 0 Å². The van der Waals surface area contributed by atoms with Crippen LogP contribution in [-0.2, 0) is 6.54 Å². The summed E-state index contributed by atoms with van der Waals surface area (Å²) in [6.07, 6.45) is 5.36. The van der Waals surface area contributed by atoms with Gasteiger partial charge in [0.15, 0.2) is 0 Å². The van der Waals surface area contributed by atoms with E-state index in [1.807, 2.05) is 23.1 Å². The standard InChI is InChI=1S/C19H29N3O3/c1-24-17-11-15(12-18(13-17)25-2)14-20-19(23)22-9-7-21(8-10-22)16-5-3-4-6-16/h11-13,16H,3-10,14H2,1-2H3,(H,20,23). The fourth-order valence-electron chi connectivity index (χ4n) is 3.82. The number of rotatable bonds is 5. The van der Waals surface area contributed by atoms with E-state index in [1.54, 1.807) is 14.2 Å². The Morgan fingerprint density at radius 1 is 1.04 bits per heavy atom. The second-order valence-corrected chi connectivity index (χ2v) is 6.84. The molecule has 0 unspecified atom stereocenters. The molecular weight excluding hydrogens is 318 g/mol. The zero-order chi connectivity index (χ0) is 17.6. The molecule has 0 spiro atoms. The van der Waals surface area contributed by atoms with Crippen molar-refractivity contribution in [2.75, 3.05) is 40.4 Å². The third-order valence-corrected chi connectivity index (χ3v) is 5.30. The molecule has 138 valence electrons. The monoisotopic (exact) mass is 347 g/mol.